The Morgan fingerprint density at radius 3 is 2.94 bits per heavy atom. The summed E-state index contributed by atoms with van der Waals surface area (Å²) in [6.45, 7) is 6.98. The third kappa shape index (κ3) is 3.11. The Hall–Kier alpha value is -0.760. The lowest BCUT2D eigenvalue weighted by atomic mass is 9.92. The number of nitrogens with one attached hydrogen (secondary N) is 1. The number of furan rings is 1. The van der Waals surface area contributed by atoms with Crippen LogP contribution in [0.2, 0.25) is 0 Å². The van der Waals surface area contributed by atoms with Crippen molar-refractivity contribution in [1.82, 2.24) is 5.32 Å². The van der Waals surface area contributed by atoms with Gasteiger partial charge >= 0.3 is 0 Å². The Labute approximate surface area is 98.4 Å². The molecule has 0 radical (unpaired) electrons. The van der Waals surface area contributed by atoms with E-state index >= 15 is 0 Å². The highest BCUT2D eigenvalue weighted by atomic mass is 16.3. The van der Waals surface area contributed by atoms with Crippen molar-refractivity contribution in [1.29, 1.82) is 0 Å². The van der Waals surface area contributed by atoms with Crippen LogP contribution in [0.5, 0.6) is 0 Å². The molecule has 1 aromatic rings. The van der Waals surface area contributed by atoms with Gasteiger partial charge in [0.25, 0.3) is 0 Å². The largest absolute Gasteiger partial charge is 0.469 e. The minimum atomic E-state index is 0.505. The van der Waals surface area contributed by atoms with E-state index in [9.17, 15) is 0 Å². The standard InChI is InChI=1S/C14H23NO/c1-11(9-13-5-4-8-16-13)15-12-6-7-14(2,3)10-12/h4-5,8,11-12,15H,6-7,9-10H2,1-3H3. The second kappa shape index (κ2) is 4.62. The third-order valence-electron chi connectivity index (χ3n) is 3.58. The lowest BCUT2D eigenvalue weighted by molar-refractivity contribution is 0.350. The van der Waals surface area contributed by atoms with Crippen LogP contribution in [0.4, 0.5) is 0 Å². The van der Waals surface area contributed by atoms with Gasteiger partial charge in [-0.25, -0.2) is 0 Å². The molecule has 2 nitrogen and oxygen atoms in total. The molecule has 0 aromatic carbocycles. The van der Waals surface area contributed by atoms with Crippen molar-refractivity contribution in [3.05, 3.63) is 24.2 Å². The summed E-state index contributed by atoms with van der Waals surface area (Å²) in [5.41, 5.74) is 0.530. The Balaban J connectivity index is 1.78. The summed E-state index contributed by atoms with van der Waals surface area (Å²) in [7, 11) is 0. The lowest BCUT2D eigenvalue weighted by Crippen LogP contribution is -2.36. The first-order valence-corrected chi connectivity index (χ1v) is 6.34. The van der Waals surface area contributed by atoms with E-state index in [0.29, 0.717) is 17.5 Å². The molecule has 0 aliphatic heterocycles. The van der Waals surface area contributed by atoms with E-state index in [2.05, 4.69) is 32.2 Å². The second-order valence-corrected chi connectivity index (χ2v) is 5.96. The van der Waals surface area contributed by atoms with E-state index in [1.165, 1.54) is 19.3 Å². The summed E-state index contributed by atoms with van der Waals surface area (Å²) in [4.78, 5) is 0. The van der Waals surface area contributed by atoms with Gasteiger partial charge in [0.15, 0.2) is 0 Å². The fourth-order valence-corrected chi connectivity index (χ4v) is 2.77. The van der Waals surface area contributed by atoms with E-state index in [0.717, 1.165) is 12.2 Å². The molecule has 1 saturated carbocycles. The van der Waals surface area contributed by atoms with Gasteiger partial charge in [0.1, 0.15) is 5.76 Å². The molecule has 2 unspecified atom stereocenters. The lowest BCUT2D eigenvalue weighted by Gasteiger charge is -2.21. The van der Waals surface area contributed by atoms with Crippen LogP contribution in [0.1, 0.15) is 45.8 Å². The third-order valence-corrected chi connectivity index (χ3v) is 3.58. The zero-order chi connectivity index (χ0) is 11.6. The molecule has 90 valence electrons. The molecule has 2 atom stereocenters. The van der Waals surface area contributed by atoms with Crippen molar-refractivity contribution >= 4 is 0 Å². The topological polar surface area (TPSA) is 25.2 Å². The van der Waals surface area contributed by atoms with Gasteiger partial charge in [-0.05, 0) is 43.7 Å². The molecule has 1 fully saturated rings. The predicted molar refractivity (Wildman–Crippen MR) is 66.4 cm³/mol. The average Bonchev–Trinajstić information content (AvgIpc) is 2.76. The quantitative estimate of drug-likeness (QED) is 0.843. The van der Waals surface area contributed by atoms with Gasteiger partial charge < -0.3 is 9.73 Å². The van der Waals surface area contributed by atoms with Crippen LogP contribution in [0, 0.1) is 5.41 Å². The van der Waals surface area contributed by atoms with Gasteiger partial charge in [-0.15, -0.1) is 0 Å². The molecule has 0 spiro atoms. The van der Waals surface area contributed by atoms with Crippen LogP contribution in [-0.4, -0.2) is 12.1 Å². The van der Waals surface area contributed by atoms with E-state index in [1.54, 1.807) is 6.26 Å². The molecule has 2 heteroatoms. The first-order chi connectivity index (χ1) is 7.55. The summed E-state index contributed by atoms with van der Waals surface area (Å²) in [6.07, 6.45) is 6.70. The molecule has 1 aliphatic rings. The van der Waals surface area contributed by atoms with Crippen molar-refractivity contribution in [2.75, 3.05) is 0 Å². The Morgan fingerprint density at radius 2 is 2.38 bits per heavy atom. The van der Waals surface area contributed by atoms with E-state index in [-0.39, 0.29) is 0 Å². The second-order valence-electron chi connectivity index (χ2n) is 5.96. The van der Waals surface area contributed by atoms with Gasteiger partial charge in [0.2, 0.25) is 0 Å². The highest BCUT2D eigenvalue weighted by Gasteiger charge is 2.31. The number of hydrogen-bond donors (Lipinski definition) is 1. The first-order valence-electron chi connectivity index (χ1n) is 6.34. The molecule has 1 aromatic heterocycles. The fourth-order valence-electron chi connectivity index (χ4n) is 2.77. The van der Waals surface area contributed by atoms with Crippen LogP contribution in [0.25, 0.3) is 0 Å². The maximum Gasteiger partial charge on any atom is 0.105 e. The smallest absolute Gasteiger partial charge is 0.105 e. The summed E-state index contributed by atoms with van der Waals surface area (Å²) in [6, 6.07) is 5.21. The summed E-state index contributed by atoms with van der Waals surface area (Å²) >= 11 is 0. The molecule has 1 aliphatic carbocycles. The fraction of sp³-hybridized carbons (Fsp3) is 0.714. The van der Waals surface area contributed by atoms with Crippen LogP contribution >= 0.6 is 0 Å². The van der Waals surface area contributed by atoms with E-state index in [1.807, 2.05) is 6.07 Å². The predicted octanol–water partition coefficient (Wildman–Crippen LogP) is 3.38. The zero-order valence-corrected chi connectivity index (χ0v) is 10.6. The van der Waals surface area contributed by atoms with Crippen LogP contribution in [0.15, 0.2) is 22.8 Å². The Kier molecular flexibility index (Phi) is 3.38. The normalized spacial score (nSPS) is 25.8. The summed E-state index contributed by atoms with van der Waals surface area (Å²) < 4.78 is 5.37. The monoisotopic (exact) mass is 221 g/mol. The van der Waals surface area contributed by atoms with Crippen molar-refractivity contribution < 1.29 is 4.42 Å². The average molecular weight is 221 g/mol. The minimum absolute atomic E-state index is 0.505. The van der Waals surface area contributed by atoms with Gasteiger partial charge in [0.05, 0.1) is 6.26 Å². The van der Waals surface area contributed by atoms with Gasteiger partial charge in [0, 0.05) is 18.5 Å². The molecule has 1 N–H and O–H groups in total. The Bertz CT molecular complexity index is 315. The molecule has 0 saturated heterocycles. The summed E-state index contributed by atoms with van der Waals surface area (Å²) in [5, 5.41) is 3.71. The van der Waals surface area contributed by atoms with Crippen LogP contribution in [-0.2, 0) is 6.42 Å². The van der Waals surface area contributed by atoms with Crippen molar-refractivity contribution in [2.45, 2.75) is 58.5 Å². The highest BCUT2D eigenvalue weighted by molar-refractivity contribution is 5.00. The van der Waals surface area contributed by atoms with Crippen molar-refractivity contribution in [2.24, 2.45) is 5.41 Å². The molecule has 0 amide bonds. The molecule has 2 rings (SSSR count). The zero-order valence-electron chi connectivity index (χ0n) is 10.6. The van der Waals surface area contributed by atoms with Crippen molar-refractivity contribution in [3.63, 3.8) is 0 Å². The number of rotatable bonds is 4. The molecule has 1 heterocycles. The molecular formula is C14H23NO. The maximum atomic E-state index is 5.37. The molecule has 16 heavy (non-hydrogen) atoms. The number of hydrogen-bond acceptors (Lipinski definition) is 2. The Morgan fingerprint density at radius 1 is 1.56 bits per heavy atom. The van der Waals surface area contributed by atoms with E-state index in [4.69, 9.17) is 4.42 Å². The first kappa shape index (κ1) is 11.7. The summed E-state index contributed by atoms with van der Waals surface area (Å²) in [5.74, 6) is 1.08. The van der Waals surface area contributed by atoms with Crippen molar-refractivity contribution in [3.8, 4) is 0 Å². The van der Waals surface area contributed by atoms with Gasteiger partial charge in [-0.3, -0.25) is 0 Å². The van der Waals surface area contributed by atoms with Gasteiger partial charge in [-0.2, -0.15) is 0 Å². The van der Waals surface area contributed by atoms with Gasteiger partial charge in [-0.1, -0.05) is 13.8 Å². The SMILES string of the molecule is CC(Cc1ccco1)NC1CCC(C)(C)C1. The van der Waals surface area contributed by atoms with Crippen LogP contribution < -0.4 is 5.32 Å². The molecule has 0 bridgehead atoms. The van der Waals surface area contributed by atoms with E-state index < -0.39 is 0 Å². The maximum absolute atomic E-state index is 5.37. The van der Waals surface area contributed by atoms with Crippen LogP contribution in [0.3, 0.4) is 0 Å². The molecular weight excluding hydrogens is 198 g/mol. The highest BCUT2D eigenvalue weighted by Crippen LogP contribution is 2.37. The minimum Gasteiger partial charge on any atom is -0.469 e.